The molecule has 2 aromatic carbocycles. The van der Waals surface area contributed by atoms with Crippen LogP contribution in [0.15, 0.2) is 88.1 Å². The van der Waals surface area contributed by atoms with E-state index in [1.807, 2.05) is 6.07 Å². The number of ether oxygens (including phenoxy) is 2. The first-order valence-electron chi connectivity index (χ1n) is 8.13. The van der Waals surface area contributed by atoms with Crippen LogP contribution in [0.1, 0.15) is 21.7 Å². The molecule has 0 spiro atoms. The Bertz CT molecular complexity index is 1050. The van der Waals surface area contributed by atoms with Crippen molar-refractivity contribution in [1.29, 1.82) is 0 Å². The molecule has 0 bridgehead atoms. The SMILES string of the molecule is O=C1OC(c2ccco2)=N/C1=C/c1ccccc1OC(=O)c1ccccc1. The summed E-state index contributed by atoms with van der Waals surface area (Å²) in [6.45, 7) is 0. The highest BCUT2D eigenvalue weighted by Crippen LogP contribution is 2.25. The van der Waals surface area contributed by atoms with Crippen molar-refractivity contribution >= 4 is 23.9 Å². The van der Waals surface area contributed by atoms with Gasteiger partial charge in [0.15, 0.2) is 11.5 Å². The van der Waals surface area contributed by atoms with Crippen molar-refractivity contribution in [2.75, 3.05) is 0 Å². The van der Waals surface area contributed by atoms with E-state index in [0.29, 0.717) is 22.6 Å². The third-order valence-electron chi connectivity index (χ3n) is 3.78. The van der Waals surface area contributed by atoms with E-state index in [1.165, 1.54) is 12.3 Å². The first-order chi connectivity index (χ1) is 13.2. The summed E-state index contributed by atoms with van der Waals surface area (Å²) >= 11 is 0. The number of nitrogens with zero attached hydrogens (tertiary/aromatic N) is 1. The summed E-state index contributed by atoms with van der Waals surface area (Å²) in [5.41, 5.74) is 1.04. The molecule has 0 aliphatic carbocycles. The van der Waals surface area contributed by atoms with Crippen molar-refractivity contribution in [2.24, 2.45) is 4.99 Å². The standard InChI is InChI=1S/C21H13NO5/c23-20(14-7-2-1-3-8-14)26-17-10-5-4-9-15(17)13-16-21(24)27-19(22-16)18-11-6-12-25-18/h1-13H/b16-13+. The number of carbonyl (C=O) groups excluding carboxylic acids is 2. The van der Waals surface area contributed by atoms with Crippen molar-refractivity contribution < 1.29 is 23.5 Å². The van der Waals surface area contributed by atoms with Crippen LogP contribution < -0.4 is 4.74 Å². The largest absolute Gasteiger partial charge is 0.459 e. The van der Waals surface area contributed by atoms with Gasteiger partial charge >= 0.3 is 11.9 Å². The van der Waals surface area contributed by atoms with E-state index in [2.05, 4.69) is 4.99 Å². The van der Waals surface area contributed by atoms with E-state index in [0.717, 1.165) is 0 Å². The quantitative estimate of drug-likeness (QED) is 0.402. The van der Waals surface area contributed by atoms with Gasteiger partial charge in [-0.15, -0.1) is 0 Å². The zero-order valence-corrected chi connectivity index (χ0v) is 14.0. The fourth-order valence-electron chi connectivity index (χ4n) is 2.49. The van der Waals surface area contributed by atoms with Gasteiger partial charge in [0.1, 0.15) is 5.75 Å². The van der Waals surface area contributed by atoms with Crippen LogP contribution in [-0.2, 0) is 9.53 Å². The van der Waals surface area contributed by atoms with Crippen molar-refractivity contribution in [3.05, 3.63) is 95.6 Å². The summed E-state index contributed by atoms with van der Waals surface area (Å²) in [5, 5.41) is 0. The Morgan fingerprint density at radius 2 is 1.74 bits per heavy atom. The Balaban J connectivity index is 1.62. The van der Waals surface area contributed by atoms with Crippen LogP contribution in [-0.4, -0.2) is 17.8 Å². The maximum atomic E-state index is 12.3. The molecule has 0 fully saturated rings. The minimum Gasteiger partial charge on any atom is -0.459 e. The van der Waals surface area contributed by atoms with Crippen molar-refractivity contribution in [1.82, 2.24) is 0 Å². The van der Waals surface area contributed by atoms with E-state index < -0.39 is 11.9 Å². The molecule has 1 aromatic heterocycles. The molecule has 1 aliphatic heterocycles. The van der Waals surface area contributed by atoms with Crippen LogP contribution in [0, 0.1) is 0 Å². The van der Waals surface area contributed by atoms with Crippen LogP contribution in [0.25, 0.3) is 6.08 Å². The zero-order valence-electron chi connectivity index (χ0n) is 14.0. The highest BCUT2D eigenvalue weighted by molar-refractivity contribution is 6.12. The number of para-hydroxylation sites is 1. The van der Waals surface area contributed by atoms with Crippen LogP contribution >= 0.6 is 0 Å². The van der Waals surface area contributed by atoms with Gasteiger partial charge in [0, 0.05) is 5.56 Å². The van der Waals surface area contributed by atoms with Crippen molar-refractivity contribution in [2.45, 2.75) is 0 Å². The second-order valence-electron chi connectivity index (χ2n) is 5.61. The zero-order chi connectivity index (χ0) is 18.6. The molecule has 0 atom stereocenters. The predicted octanol–water partition coefficient (Wildman–Crippen LogP) is 3.84. The summed E-state index contributed by atoms with van der Waals surface area (Å²) in [7, 11) is 0. The summed E-state index contributed by atoms with van der Waals surface area (Å²) < 4.78 is 15.8. The van der Waals surface area contributed by atoms with Gasteiger partial charge in [-0.1, -0.05) is 36.4 Å². The van der Waals surface area contributed by atoms with Gasteiger partial charge in [-0.3, -0.25) is 0 Å². The van der Waals surface area contributed by atoms with Gasteiger partial charge in [-0.2, -0.15) is 0 Å². The first kappa shape index (κ1) is 16.5. The molecule has 6 heteroatoms. The Morgan fingerprint density at radius 3 is 2.52 bits per heavy atom. The first-order valence-corrected chi connectivity index (χ1v) is 8.13. The third-order valence-corrected chi connectivity index (χ3v) is 3.78. The van der Waals surface area contributed by atoms with Gasteiger partial charge in [0.05, 0.1) is 11.8 Å². The van der Waals surface area contributed by atoms with E-state index in [9.17, 15) is 9.59 Å². The molecule has 0 amide bonds. The molecule has 0 saturated heterocycles. The number of cyclic esters (lactones) is 1. The molecule has 3 aromatic rings. The van der Waals surface area contributed by atoms with Crippen molar-refractivity contribution in [3.63, 3.8) is 0 Å². The van der Waals surface area contributed by atoms with Gasteiger partial charge in [0.2, 0.25) is 0 Å². The number of furan rings is 1. The topological polar surface area (TPSA) is 78.1 Å². The van der Waals surface area contributed by atoms with Crippen LogP contribution in [0.4, 0.5) is 0 Å². The smallest absolute Gasteiger partial charge is 0.363 e. The van der Waals surface area contributed by atoms with E-state index >= 15 is 0 Å². The van der Waals surface area contributed by atoms with Gasteiger partial charge in [-0.25, -0.2) is 14.6 Å². The van der Waals surface area contributed by atoms with Crippen LogP contribution in [0.2, 0.25) is 0 Å². The average molecular weight is 359 g/mol. The Morgan fingerprint density at radius 1 is 0.963 bits per heavy atom. The maximum Gasteiger partial charge on any atom is 0.363 e. The summed E-state index contributed by atoms with van der Waals surface area (Å²) in [5.74, 6) is -0.334. The molecular weight excluding hydrogens is 346 g/mol. The molecular formula is C21H13NO5. The Kier molecular flexibility index (Phi) is 4.37. The highest BCUT2D eigenvalue weighted by atomic mass is 16.6. The molecule has 0 radical (unpaired) electrons. The average Bonchev–Trinajstić information content (AvgIpc) is 3.34. The Hall–Kier alpha value is -3.93. The molecule has 27 heavy (non-hydrogen) atoms. The number of hydrogen-bond acceptors (Lipinski definition) is 6. The highest BCUT2D eigenvalue weighted by Gasteiger charge is 2.26. The lowest BCUT2D eigenvalue weighted by Gasteiger charge is -2.07. The minimum absolute atomic E-state index is 0.0876. The number of esters is 2. The summed E-state index contributed by atoms with van der Waals surface area (Å²) in [4.78, 5) is 28.5. The normalized spacial score (nSPS) is 14.7. The molecule has 0 N–H and O–H groups in total. The molecule has 2 heterocycles. The third kappa shape index (κ3) is 3.55. The van der Waals surface area contributed by atoms with Crippen LogP contribution in [0.3, 0.4) is 0 Å². The van der Waals surface area contributed by atoms with E-state index in [1.54, 1.807) is 60.7 Å². The second kappa shape index (κ2) is 7.13. The molecule has 6 nitrogen and oxygen atoms in total. The fraction of sp³-hybridized carbons (Fsp3) is 0. The minimum atomic E-state index is -0.606. The molecule has 4 rings (SSSR count). The lowest BCUT2D eigenvalue weighted by molar-refractivity contribution is -0.130. The number of benzene rings is 2. The monoisotopic (exact) mass is 359 g/mol. The van der Waals surface area contributed by atoms with Gasteiger partial charge < -0.3 is 13.9 Å². The lowest BCUT2D eigenvalue weighted by atomic mass is 10.1. The number of carbonyl (C=O) groups is 2. The van der Waals surface area contributed by atoms with Gasteiger partial charge in [0.25, 0.3) is 5.90 Å². The van der Waals surface area contributed by atoms with Crippen molar-refractivity contribution in [3.8, 4) is 5.75 Å². The van der Waals surface area contributed by atoms with E-state index in [4.69, 9.17) is 13.9 Å². The van der Waals surface area contributed by atoms with E-state index in [-0.39, 0.29) is 11.6 Å². The number of hydrogen-bond donors (Lipinski definition) is 0. The maximum absolute atomic E-state index is 12.3. The second-order valence-corrected chi connectivity index (χ2v) is 5.61. The summed E-state index contributed by atoms with van der Waals surface area (Å²) in [6.07, 6.45) is 2.97. The molecule has 0 unspecified atom stereocenters. The predicted molar refractivity (Wildman–Crippen MR) is 97.2 cm³/mol. The Labute approximate surface area is 154 Å². The number of rotatable bonds is 4. The summed E-state index contributed by atoms with van der Waals surface area (Å²) in [6, 6.07) is 18.8. The number of aliphatic imine (C=N–C) groups is 1. The molecule has 0 saturated carbocycles. The molecule has 132 valence electrons. The van der Waals surface area contributed by atoms with Gasteiger partial charge in [-0.05, 0) is 36.4 Å². The lowest BCUT2D eigenvalue weighted by Crippen LogP contribution is -2.09. The molecule has 1 aliphatic rings. The van der Waals surface area contributed by atoms with Crippen LogP contribution in [0.5, 0.6) is 5.75 Å². The fourth-order valence-corrected chi connectivity index (χ4v) is 2.49.